The largest absolute Gasteiger partial charge is 0.493 e. The molecule has 3 aromatic rings. The average molecular weight is 476 g/mol. The van der Waals surface area contributed by atoms with Crippen molar-refractivity contribution in [2.45, 2.75) is 0 Å². The van der Waals surface area contributed by atoms with Crippen molar-refractivity contribution in [3.63, 3.8) is 0 Å². The molecule has 0 aliphatic heterocycles. The molecule has 0 unspecified atom stereocenters. The summed E-state index contributed by atoms with van der Waals surface area (Å²) in [4.78, 5) is 12.6. The van der Waals surface area contributed by atoms with E-state index in [1.807, 2.05) is 54.6 Å². The summed E-state index contributed by atoms with van der Waals surface area (Å²) < 4.78 is 26.8. The van der Waals surface area contributed by atoms with Crippen molar-refractivity contribution >= 4 is 29.8 Å². The van der Waals surface area contributed by atoms with Gasteiger partial charge in [0.15, 0.2) is 23.0 Å². The Morgan fingerprint density at radius 3 is 1.91 bits per heavy atom. The van der Waals surface area contributed by atoms with Crippen LogP contribution in [0.4, 0.5) is 5.69 Å². The summed E-state index contributed by atoms with van der Waals surface area (Å²) in [6, 6.07) is 16.7. The lowest BCUT2D eigenvalue weighted by atomic mass is 10.1. The maximum Gasteiger partial charge on any atom is 0.248 e. The first kappa shape index (κ1) is 25.2. The van der Waals surface area contributed by atoms with Gasteiger partial charge in [0.1, 0.15) is 0 Å². The number of carbonyl (C=O) groups excluding carboxylic acids is 1. The highest BCUT2D eigenvalue weighted by molar-refractivity contribution is 6.03. The predicted octanol–water partition coefficient (Wildman–Crippen LogP) is 5.55. The van der Waals surface area contributed by atoms with Gasteiger partial charge in [-0.2, -0.15) is 0 Å². The summed E-state index contributed by atoms with van der Waals surface area (Å²) in [7, 11) is 7.86. The van der Waals surface area contributed by atoms with Crippen LogP contribution in [0, 0.1) is 0 Å². The van der Waals surface area contributed by atoms with Crippen molar-refractivity contribution in [3.05, 3.63) is 77.4 Å². The summed E-state index contributed by atoms with van der Waals surface area (Å²) in [5.74, 6) is 2.62. The van der Waals surface area contributed by atoms with Crippen LogP contribution < -0.4 is 29.0 Å². The van der Waals surface area contributed by atoms with Gasteiger partial charge in [-0.05, 0) is 53.1 Å². The van der Waals surface area contributed by atoms with Gasteiger partial charge in [0.2, 0.25) is 11.7 Å². The molecule has 3 rings (SSSR count). The number of hydrogen-bond acceptors (Lipinski definition) is 6. The van der Waals surface area contributed by atoms with Crippen molar-refractivity contribution in [1.29, 1.82) is 0 Å². The van der Waals surface area contributed by atoms with Gasteiger partial charge >= 0.3 is 0 Å². The van der Waals surface area contributed by atoms with Crippen molar-refractivity contribution in [2.75, 3.05) is 40.9 Å². The van der Waals surface area contributed by atoms with Crippen LogP contribution in [-0.2, 0) is 4.79 Å². The van der Waals surface area contributed by atoms with Crippen molar-refractivity contribution in [1.82, 2.24) is 0 Å². The molecule has 0 spiro atoms. The minimum Gasteiger partial charge on any atom is -0.493 e. The van der Waals surface area contributed by atoms with Gasteiger partial charge in [-0.1, -0.05) is 36.4 Å². The second kappa shape index (κ2) is 12.2. The van der Waals surface area contributed by atoms with Gasteiger partial charge in [0.05, 0.1) is 35.5 Å². The van der Waals surface area contributed by atoms with Crippen molar-refractivity contribution in [3.8, 4) is 28.7 Å². The Morgan fingerprint density at radius 2 is 1.29 bits per heavy atom. The number of para-hydroxylation sites is 1. The van der Waals surface area contributed by atoms with E-state index in [0.717, 1.165) is 16.7 Å². The minimum absolute atomic E-state index is 0.256. The van der Waals surface area contributed by atoms with E-state index in [1.54, 1.807) is 53.8 Å². The van der Waals surface area contributed by atoms with E-state index in [1.165, 1.54) is 6.08 Å². The predicted molar refractivity (Wildman–Crippen MR) is 139 cm³/mol. The molecule has 3 aromatic carbocycles. The Morgan fingerprint density at radius 1 is 0.657 bits per heavy atom. The van der Waals surface area contributed by atoms with Crippen molar-refractivity contribution < 1.29 is 28.5 Å². The van der Waals surface area contributed by atoms with Crippen LogP contribution in [0.15, 0.2) is 60.7 Å². The van der Waals surface area contributed by atoms with Gasteiger partial charge in [0.25, 0.3) is 0 Å². The molecular weight excluding hydrogens is 446 g/mol. The molecule has 0 aromatic heterocycles. The molecule has 7 nitrogen and oxygen atoms in total. The summed E-state index contributed by atoms with van der Waals surface area (Å²) in [6.07, 6.45) is 7.01. The highest BCUT2D eigenvalue weighted by Crippen LogP contribution is 2.38. The minimum atomic E-state index is -0.256. The van der Waals surface area contributed by atoms with E-state index in [-0.39, 0.29) is 5.91 Å². The SMILES string of the molecule is COc1ccc(/C=C/C(=O)Nc2ccccc2C=Cc2cc(OC)c(OC)c(OC)c2)cc1OC. The Balaban J connectivity index is 1.78. The Labute approximate surface area is 205 Å². The number of rotatable bonds is 10. The van der Waals surface area contributed by atoms with E-state index >= 15 is 0 Å². The molecular formula is C28H29NO6. The van der Waals surface area contributed by atoms with Gasteiger partial charge in [-0.3, -0.25) is 4.79 Å². The lowest BCUT2D eigenvalue weighted by Gasteiger charge is -2.13. The first-order valence-corrected chi connectivity index (χ1v) is 10.8. The Bertz CT molecular complexity index is 1210. The van der Waals surface area contributed by atoms with Crippen LogP contribution in [0.3, 0.4) is 0 Å². The molecule has 182 valence electrons. The highest BCUT2D eigenvalue weighted by Gasteiger charge is 2.12. The smallest absolute Gasteiger partial charge is 0.248 e. The van der Waals surface area contributed by atoms with E-state index in [4.69, 9.17) is 23.7 Å². The third-order valence-electron chi connectivity index (χ3n) is 5.20. The number of benzene rings is 3. The van der Waals surface area contributed by atoms with E-state index < -0.39 is 0 Å². The first-order valence-electron chi connectivity index (χ1n) is 10.8. The zero-order valence-electron chi connectivity index (χ0n) is 20.5. The molecule has 0 aliphatic carbocycles. The second-order valence-electron chi connectivity index (χ2n) is 7.32. The van der Waals surface area contributed by atoms with Crippen LogP contribution in [0.2, 0.25) is 0 Å². The number of methoxy groups -OCH3 is 5. The maximum absolute atomic E-state index is 12.6. The van der Waals surface area contributed by atoms with Crippen LogP contribution in [0.5, 0.6) is 28.7 Å². The number of anilines is 1. The molecule has 0 bridgehead atoms. The summed E-state index contributed by atoms with van der Waals surface area (Å²) in [5, 5.41) is 2.93. The normalized spacial score (nSPS) is 10.9. The van der Waals surface area contributed by atoms with Crippen LogP contribution >= 0.6 is 0 Å². The molecule has 0 aliphatic rings. The molecule has 0 saturated carbocycles. The molecule has 1 N–H and O–H groups in total. The van der Waals surface area contributed by atoms with Gasteiger partial charge in [-0.25, -0.2) is 0 Å². The number of nitrogens with one attached hydrogen (secondary N) is 1. The van der Waals surface area contributed by atoms with Crippen LogP contribution in [0.25, 0.3) is 18.2 Å². The number of hydrogen-bond donors (Lipinski definition) is 1. The zero-order chi connectivity index (χ0) is 25.2. The lowest BCUT2D eigenvalue weighted by Crippen LogP contribution is -2.08. The standard InChI is InChI=1S/C28H29NO6/c1-31-23-14-11-19(16-24(23)32-2)12-15-27(30)29-22-9-7-6-8-21(22)13-10-20-17-25(33-3)28(35-5)26(18-20)34-4/h6-18H,1-5H3,(H,29,30)/b13-10?,15-12+. The highest BCUT2D eigenvalue weighted by atomic mass is 16.5. The fourth-order valence-electron chi connectivity index (χ4n) is 3.44. The molecule has 0 radical (unpaired) electrons. The molecule has 35 heavy (non-hydrogen) atoms. The Kier molecular flexibility index (Phi) is 8.78. The van der Waals surface area contributed by atoms with Crippen molar-refractivity contribution in [2.24, 2.45) is 0 Å². The summed E-state index contributed by atoms with van der Waals surface area (Å²) in [6.45, 7) is 0. The fraction of sp³-hybridized carbons (Fsp3) is 0.179. The molecule has 0 fully saturated rings. The second-order valence-corrected chi connectivity index (χ2v) is 7.32. The summed E-state index contributed by atoms with van der Waals surface area (Å²) >= 11 is 0. The zero-order valence-corrected chi connectivity index (χ0v) is 20.5. The van der Waals surface area contributed by atoms with Crippen LogP contribution in [-0.4, -0.2) is 41.5 Å². The third kappa shape index (κ3) is 6.35. The molecule has 0 atom stereocenters. The topological polar surface area (TPSA) is 75.3 Å². The van der Waals surface area contributed by atoms with E-state index in [2.05, 4.69) is 5.32 Å². The number of amides is 1. The monoisotopic (exact) mass is 475 g/mol. The number of carbonyl (C=O) groups is 1. The molecule has 7 heteroatoms. The molecule has 0 saturated heterocycles. The average Bonchev–Trinajstić information content (AvgIpc) is 2.90. The van der Waals surface area contributed by atoms with Gasteiger partial charge in [0, 0.05) is 11.8 Å². The summed E-state index contributed by atoms with van der Waals surface area (Å²) in [5.41, 5.74) is 3.19. The fourth-order valence-corrected chi connectivity index (χ4v) is 3.44. The van der Waals surface area contributed by atoms with Gasteiger partial charge < -0.3 is 29.0 Å². The van der Waals surface area contributed by atoms with E-state index in [9.17, 15) is 4.79 Å². The third-order valence-corrected chi connectivity index (χ3v) is 5.20. The first-order chi connectivity index (χ1) is 17.0. The lowest BCUT2D eigenvalue weighted by molar-refractivity contribution is -0.111. The van der Waals surface area contributed by atoms with Crippen LogP contribution in [0.1, 0.15) is 16.7 Å². The quantitative estimate of drug-likeness (QED) is 0.306. The molecule has 1 amide bonds. The Hall–Kier alpha value is -4.39. The van der Waals surface area contributed by atoms with Gasteiger partial charge in [-0.15, -0.1) is 0 Å². The maximum atomic E-state index is 12.6. The number of ether oxygens (including phenoxy) is 5. The molecule has 0 heterocycles. The van der Waals surface area contributed by atoms with E-state index in [0.29, 0.717) is 34.4 Å².